The largest absolute Gasteiger partial charge is 0.365 e. The van der Waals surface area contributed by atoms with Crippen LogP contribution in [0.2, 0.25) is 0 Å². The first-order chi connectivity index (χ1) is 11.6. The number of benzene rings is 1. The van der Waals surface area contributed by atoms with E-state index >= 15 is 0 Å². The molecular formula is C16H14FN5O2. The summed E-state index contributed by atoms with van der Waals surface area (Å²) in [5.74, 6) is 0.588. The molecule has 0 saturated heterocycles. The number of aromatic nitrogens is 3. The van der Waals surface area contributed by atoms with Gasteiger partial charge in [-0.1, -0.05) is 23.4 Å². The first-order valence-corrected chi connectivity index (χ1v) is 7.16. The quantitative estimate of drug-likeness (QED) is 0.748. The topological polar surface area (TPSA) is 92.9 Å². The van der Waals surface area contributed by atoms with Crippen LogP contribution in [0.1, 0.15) is 21.8 Å². The molecule has 0 aliphatic carbocycles. The van der Waals surface area contributed by atoms with Gasteiger partial charge in [-0.05, 0) is 13.0 Å². The van der Waals surface area contributed by atoms with Crippen molar-refractivity contribution < 1.29 is 13.7 Å². The normalized spacial score (nSPS) is 10.4. The van der Waals surface area contributed by atoms with Gasteiger partial charge in [0.15, 0.2) is 5.82 Å². The summed E-state index contributed by atoms with van der Waals surface area (Å²) in [6, 6.07) is 8.04. The number of halogens is 1. The van der Waals surface area contributed by atoms with Crippen LogP contribution in [0.25, 0.3) is 0 Å². The van der Waals surface area contributed by atoms with Crippen LogP contribution in [0.15, 0.2) is 47.2 Å². The highest BCUT2D eigenvalue weighted by atomic mass is 19.1. The lowest BCUT2D eigenvalue weighted by molar-refractivity contribution is 0.102. The maximum absolute atomic E-state index is 13.5. The fourth-order valence-corrected chi connectivity index (χ4v) is 1.97. The molecule has 0 aliphatic heterocycles. The molecule has 0 saturated carbocycles. The highest BCUT2D eigenvalue weighted by molar-refractivity contribution is 6.02. The molecule has 0 fully saturated rings. The average Bonchev–Trinajstić information content (AvgIpc) is 2.99. The Morgan fingerprint density at radius 2 is 2.04 bits per heavy atom. The van der Waals surface area contributed by atoms with Crippen LogP contribution in [0.5, 0.6) is 0 Å². The smallest absolute Gasteiger partial charge is 0.277 e. The first kappa shape index (κ1) is 15.6. The molecule has 122 valence electrons. The predicted molar refractivity (Wildman–Crippen MR) is 85.0 cm³/mol. The van der Waals surface area contributed by atoms with Crippen molar-refractivity contribution in [3.05, 3.63) is 65.6 Å². The van der Waals surface area contributed by atoms with E-state index < -0.39 is 5.91 Å². The van der Waals surface area contributed by atoms with Crippen molar-refractivity contribution in [1.82, 2.24) is 15.1 Å². The van der Waals surface area contributed by atoms with Crippen molar-refractivity contribution in [3.63, 3.8) is 0 Å². The van der Waals surface area contributed by atoms with Gasteiger partial charge in [-0.15, -0.1) is 0 Å². The second-order valence-electron chi connectivity index (χ2n) is 5.01. The summed E-state index contributed by atoms with van der Waals surface area (Å²) in [4.78, 5) is 20.1. The third kappa shape index (κ3) is 3.72. The molecule has 1 amide bonds. The first-order valence-electron chi connectivity index (χ1n) is 7.16. The van der Waals surface area contributed by atoms with Crippen LogP contribution in [0.4, 0.5) is 16.0 Å². The number of nitrogens with one attached hydrogen (secondary N) is 2. The zero-order valence-corrected chi connectivity index (χ0v) is 12.8. The Bertz CT molecular complexity index is 848. The molecular weight excluding hydrogens is 313 g/mol. The summed E-state index contributed by atoms with van der Waals surface area (Å²) in [7, 11) is 0. The zero-order valence-electron chi connectivity index (χ0n) is 12.8. The molecule has 0 radical (unpaired) electrons. The van der Waals surface area contributed by atoms with Gasteiger partial charge in [0.25, 0.3) is 5.91 Å². The molecule has 3 aromatic rings. The Labute approximate surface area is 136 Å². The summed E-state index contributed by atoms with van der Waals surface area (Å²) < 4.78 is 18.4. The molecule has 3 rings (SSSR count). The third-order valence-electron chi connectivity index (χ3n) is 3.17. The van der Waals surface area contributed by atoms with Crippen LogP contribution in [0, 0.1) is 12.7 Å². The predicted octanol–water partition coefficient (Wildman–Crippen LogP) is 2.78. The second kappa shape index (κ2) is 6.86. The third-order valence-corrected chi connectivity index (χ3v) is 3.17. The molecule has 0 atom stereocenters. The van der Waals surface area contributed by atoms with Crippen molar-refractivity contribution in [2.24, 2.45) is 0 Å². The summed E-state index contributed by atoms with van der Waals surface area (Å²) in [6.45, 7) is 1.99. The molecule has 7 nitrogen and oxygen atoms in total. The van der Waals surface area contributed by atoms with Gasteiger partial charge in [0.1, 0.15) is 23.1 Å². The Balaban J connectivity index is 1.60. The number of aryl methyl sites for hydroxylation is 1. The van der Waals surface area contributed by atoms with Gasteiger partial charge in [0.05, 0.1) is 12.4 Å². The van der Waals surface area contributed by atoms with E-state index in [0.717, 1.165) is 0 Å². The van der Waals surface area contributed by atoms with Gasteiger partial charge in [-0.2, -0.15) is 0 Å². The molecule has 0 bridgehead atoms. The number of hydrogen-bond acceptors (Lipinski definition) is 6. The van der Waals surface area contributed by atoms with Crippen molar-refractivity contribution in [3.8, 4) is 0 Å². The summed E-state index contributed by atoms with van der Waals surface area (Å²) in [5.41, 5.74) is 0.648. The van der Waals surface area contributed by atoms with Crippen molar-refractivity contribution in [1.29, 1.82) is 0 Å². The minimum absolute atomic E-state index is 0.132. The molecule has 0 unspecified atom stereocenters. The van der Waals surface area contributed by atoms with E-state index in [0.29, 0.717) is 23.0 Å². The van der Waals surface area contributed by atoms with E-state index in [1.165, 1.54) is 18.5 Å². The fourth-order valence-electron chi connectivity index (χ4n) is 1.97. The Hall–Kier alpha value is -3.29. The van der Waals surface area contributed by atoms with Gasteiger partial charge >= 0.3 is 0 Å². The lowest BCUT2D eigenvalue weighted by Gasteiger charge is -2.07. The maximum atomic E-state index is 13.5. The van der Waals surface area contributed by atoms with Crippen LogP contribution >= 0.6 is 0 Å². The highest BCUT2D eigenvalue weighted by Crippen LogP contribution is 2.11. The number of amides is 1. The fraction of sp³-hybridized carbons (Fsp3) is 0.125. The molecule has 0 spiro atoms. The van der Waals surface area contributed by atoms with E-state index in [2.05, 4.69) is 25.8 Å². The highest BCUT2D eigenvalue weighted by Gasteiger charge is 2.11. The molecule has 1 aromatic carbocycles. The SMILES string of the molecule is Cc1cc(NC(=O)c2cnc(NCc3ccccc3F)cn2)no1. The summed E-state index contributed by atoms with van der Waals surface area (Å²) in [5, 5.41) is 9.16. The lowest BCUT2D eigenvalue weighted by Crippen LogP contribution is -2.14. The molecule has 8 heteroatoms. The second-order valence-corrected chi connectivity index (χ2v) is 5.01. The summed E-state index contributed by atoms with van der Waals surface area (Å²) in [6.07, 6.45) is 2.73. The van der Waals surface area contributed by atoms with Crippen molar-refractivity contribution in [2.45, 2.75) is 13.5 Å². The van der Waals surface area contributed by atoms with Crippen molar-refractivity contribution >= 4 is 17.5 Å². The molecule has 2 N–H and O–H groups in total. The minimum atomic E-state index is -0.448. The van der Waals surface area contributed by atoms with Gasteiger partial charge in [0, 0.05) is 18.2 Å². The van der Waals surface area contributed by atoms with Crippen molar-refractivity contribution in [2.75, 3.05) is 10.6 Å². The van der Waals surface area contributed by atoms with E-state index in [9.17, 15) is 9.18 Å². The molecule has 2 aromatic heterocycles. The maximum Gasteiger partial charge on any atom is 0.277 e. The molecule has 24 heavy (non-hydrogen) atoms. The monoisotopic (exact) mass is 327 g/mol. The van der Waals surface area contributed by atoms with Crippen LogP contribution < -0.4 is 10.6 Å². The summed E-state index contributed by atoms with van der Waals surface area (Å²) >= 11 is 0. The molecule has 2 heterocycles. The van der Waals surface area contributed by atoms with E-state index in [1.54, 1.807) is 31.2 Å². The Morgan fingerprint density at radius 1 is 1.21 bits per heavy atom. The Morgan fingerprint density at radius 3 is 2.71 bits per heavy atom. The van der Waals surface area contributed by atoms with E-state index in [-0.39, 0.29) is 18.1 Å². The molecule has 0 aliphatic rings. The van der Waals surface area contributed by atoms with Gasteiger partial charge < -0.3 is 15.2 Å². The standard InChI is InChI=1S/C16H14FN5O2/c1-10-6-14(22-24-10)21-16(23)13-8-20-15(9-18-13)19-7-11-4-2-3-5-12(11)17/h2-6,8-9H,7H2,1H3,(H,19,20)(H,21,22,23). The number of nitrogens with zero attached hydrogens (tertiary/aromatic N) is 3. The number of anilines is 2. The van der Waals surface area contributed by atoms with Gasteiger partial charge in [-0.3, -0.25) is 4.79 Å². The number of hydrogen-bond donors (Lipinski definition) is 2. The lowest BCUT2D eigenvalue weighted by atomic mass is 10.2. The average molecular weight is 327 g/mol. The van der Waals surface area contributed by atoms with E-state index in [1.807, 2.05) is 0 Å². The Kier molecular flexibility index (Phi) is 4.46. The zero-order chi connectivity index (χ0) is 16.9. The number of carbonyl (C=O) groups excluding carboxylic acids is 1. The van der Waals surface area contributed by atoms with Crippen LogP contribution in [-0.2, 0) is 6.54 Å². The minimum Gasteiger partial charge on any atom is -0.365 e. The number of carbonyl (C=O) groups is 1. The number of rotatable bonds is 5. The van der Waals surface area contributed by atoms with Gasteiger partial charge in [-0.25, -0.2) is 14.4 Å². The van der Waals surface area contributed by atoms with Gasteiger partial charge in [0.2, 0.25) is 0 Å². The van der Waals surface area contributed by atoms with Crippen LogP contribution in [-0.4, -0.2) is 21.0 Å². The van der Waals surface area contributed by atoms with E-state index in [4.69, 9.17) is 4.52 Å². The van der Waals surface area contributed by atoms with Crippen LogP contribution in [0.3, 0.4) is 0 Å².